The van der Waals surface area contributed by atoms with Crippen LogP contribution in [0.2, 0.25) is 0 Å². The number of nitro benzene ring substituents is 1. The Hall–Kier alpha value is -2.13. The lowest BCUT2D eigenvalue weighted by atomic mass is 9.76. The Balaban J connectivity index is 2.57. The van der Waals surface area contributed by atoms with Gasteiger partial charge >= 0.3 is 13.1 Å². The van der Waals surface area contributed by atoms with Gasteiger partial charge in [-0.05, 0) is 27.7 Å². The first-order valence-corrected chi connectivity index (χ1v) is 7.02. The van der Waals surface area contributed by atoms with Gasteiger partial charge in [0, 0.05) is 23.3 Å². The zero-order chi connectivity index (χ0) is 17.6. The van der Waals surface area contributed by atoms with Crippen molar-refractivity contribution in [2.45, 2.75) is 38.9 Å². The molecule has 0 bridgehead atoms. The first kappa shape index (κ1) is 17.2. The highest BCUT2D eigenvalue weighted by atomic mass is 16.7. The normalized spacial score (nSPS) is 18.7. The third kappa shape index (κ3) is 2.89. The Morgan fingerprint density at radius 1 is 1.26 bits per heavy atom. The number of esters is 1. The number of nitrogens with two attached hydrogens (primary N) is 1. The molecule has 1 fully saturated rings. The number of hydrogen-bond donors (Lipinski definition) is 1. The number of carbonyl (C=O) groups is 1. The molecule has 23 heavy (non-hydrogen) atoms. The minimum absolute atomic E-state index is 0.0425. The van der Waals surface area contributed by atoms with Crippen LogP contribution in [0.3, 0.4) is 0 Å². The van der Waals surface area contributed by atoms with Gasteiger partial charge in [0.05, 0.1) is 28.8 Å². The minimum Gasteiger partial charge on any atom is -0.465 e. The average Bonchev–Trinajstić information content (AvgIpc) is 2.66. The maximum Gasteiger partial charge on any atom is 0.497 e. The molecular formula is C14H19BN2O6. The van der Waals surface area contributed by atoms with Crippen molar-refractivity contribution in [2.75, 3.05) is 12.8 Å². The summed E-state index contributed by atoms with van der Waals surface area (Å²) in [5.74, 6) is -0.760. The Kier molecular flexibility index (Phi) is 4.12. The summed E-state index contributed by atoms with van der Waals surface area (Å²) in [7, 11) is 0.262. The van der Waals surface area contributed by atoms with Crippen LogP contribution >= 0.6 is 0 Å². The van der Waals surface area contributed by atoms with Gasteiger partial charge in [0.15, 0.2) is 0 Å². The number of methoxy groups -OCH3 is 1. The fourth-order valence-electron chi connectivity index (χ4n) is 2.21. The van der Waals surface area contributed by atoms with Crippen molar-refractivity contribution in [3.63, 3.8) is 0 Å². The standard InChI is InChI=1S/C14H19BN2O6/c1-13(2)14(3,4)23-15(22-13)10-7-8(17(19)20)6-9(11(10)16)12(18)21-5/h6-7H,16H2,1-5H3. The first-order valence-electron chi connectivity index (χ1n) is 7.02. The van der Waals surface area contributed by atoms with Crippen LogP contribution in [0.4, 0.5) is 11.4 Å². The Morgan fingerprint density at radius 2 is 1.78 bits per heavy atom. The monoisotopic (exact) mass is 322 g/mol. The molecule has 0 atom stereocenters. The number of nitrogens with zero attached hydrogens (tertiary/aromatic N) is 1. The summed E-state index contributed by atoms with van der Waals surface area (Å²) in [6, 6.07) is 2.33. The van der Waals surface area contributed by atoms with Crippen molar-refractivity contribution in [1.29, 1.82) is 0 Å². The number of nitro groups is 1. The molecule has 2 rings (SSSR count). The molecule has 2 N–H and O–H groups in total. The summed E-state index contributed by atoms with van der Waals surface area (Å²) in [5.41, 5.74) is 4.62. The van der Waals surface area contributed by atoms with E-state index < -0.39 is 29.2 Å². The SMILES string of the molecule is COC(=O)c1cc([N+](=O)[O-])cc(B2OC(C)(C)C(C)(C)O2)c1N. The number of benzene rings is 1. The molecule has 0 aliphatic carbocycles. The average molecular weight is 322 g/mol. The maximum atomic E-state index is 11.8. The van der Waals surface area contributed by atoms with Crippen LogP contribution in [0.1, 0.15) is 38.1 Å². The van der Waals surface area contributed by atoms with Crippen molar-refractivity contribution in [1.82, 2.24) is 0 Å². The molecule has 1 aliphatic heterocycles. The second-order valence-electron chi connectivity index (χ2n) is 6.33. The molecule has 0 radical (unpaired) electrons. The number of ether oxygens (including phenoxy) is 1. The Morgan fingerprint density at radius 3 is 2.22 bits per heavy atom. The summed E-state index contributed by atoms with van der Waals surface area (Å²) in [5, 5.41) is 11.1. The van der Waals surface area contributed by atoms with E-state index in [9.17, 15) is 14.9 Å². The summed E-state index contributed by atoms with van der Waals surface area (Å²) in [6.07, 6.45) is 0. The van der Waals surface area contributed by atoms with Crippen molar-refractivity contribution in [3.05, 3.63) is 27.8 Å². The molecule has 0 amide bonds. The molecule has 0 unspecified atom stereocenters. The van der Waals surface area contributed by atoms with Gasteiger partial charge in [-0.2, -0.15) is 0 Å². The van der Waals surface area contributed by atoms with E-state index in [1.165, 1.54) is 13.2 Å². The van der Waals surface area contributed by atoms with E-state index in [2.05, 4.69) is 4.74 Å². The summed E-state index contributed by atoms with van der Waals surface area (Å²) in [6.45, 7) is 7.40. The zero-order valence-electron chi connectivity index (χ0n) is 13.7. The first-order chi connectivity index (χ1) is 10.5. The molecule has 0 aromatic heterocycles. The van der Waals surface area contributed by atoms with Crippen LogP contribution in [0.15, 0.2) is 12.1 Å². The summed E-state index contributed by atoms with van der Waals surface area (Å²) in [4.78, 5) is 22.3. The number of anilines is 1. The molecule has 9 heteroatoms. The maximum absolute atomic E-state index is 11.8. The van der Waals surface area contributed by atoms with E-state index in [1.807, 2.05) is 27.7 Å². The lowest BCUT2D eigenvalue weighted by Gasteiger charge is -2.32. The highest BCUT2D eigenvalue weighted by molar-refractivity contribution is 6.64. The predicted molar refractivity (Wildman–Crippen MR) is 84.6 cm³/mol. The van der Waals surface area contributed by atoms with Gasteiger partial charge in [-0.25, -0.2) is 4.79 Å². The lowest BCUT2D eigenvalue weighted by Crippen LogP contribution is -2.41. The molecule has 1 aromatic rings. The van der Waals surface area contributed by atoms with Crippen molar-refractivity contribution in [2.24, 2.45) is 0 Å². The van der Waals surface area contributed by atoms with Crippen LogP contribution in [0.5, 0.6) is 0 Å². The summed E-state index contributed by atoms with van der Waals surface area (Å²) >= 11 is 0. The molecular weight excluding hydrogens is 303 g/mol. The lowest BCUT2D eigenvalue weighted by molar-refractivity contribution is -0.384. The number of rotatable bonds is 3. The van der Waals surface area contributed by atoms with E-state index in [0.717, 1.165) is 6.07 Å². The highest BCUT2D eigenvalue weighted by Gasteiger charge is 2.52. The molecule has 1 aliphatic rings. The molecule has 0 spiro atoms. The molecule has 1 saturated heterocycles. The quantitative estimate of drug-likeness (QED) is 0.293. The third-order valence-electron chi connectivity index (χ3n) is 4.32. The summed E-state index contributed by atoms with van der Waals surface area (Å²) < 4.78 is 16.3. The van der Waals surface area contributed by atoms with Crippen molar-refractivity contribution < 1.29 is 23.8 Å². The second-order valence-corrected chi connectivity index (χ2v) is 6.33. The van der Waals surface area contributed by atoms with E-state index in [0.29, 0.717) is 0 Å². The van der Waals surface area contributed by atoms with Crippen LogP contribution in [-0.2, 0) is 14.0 Å². The van der Waals surface area contributed by atoms with Crippen LogP contribution in [0, 0.1) is 10.1 Å². The van der Waals surface area contributed by atoms with Crippen LogP contribution in [-0.4, -0.2) is 36.3 Å². The zero-order valence-corrected chi connectivity index (χ0v) is 13.7. The van der Waals surface area contributed by atoms with E-state index in [1.54, 1.807) is 0 Å². The largest absolute Gasteiger partial charge is 0.497 e. The van der Waals surface area contributed by atoms with Crippen LogP contribution in [0.25, 0.3) is 0 Å². The molecule has 1 heterocycles. The molecule has 8 nitrogen and oxygen atoms in total. The van der Waals surface area contributed by atoms with Gasteiger partial charge in [0.2, 0.25) is 0 Å². The fourth-order valence-corrected chi connectivity index (χ4v) is 2.21. The minimum atomic E-state index is -0.914. The number of nitrogen functional groups attached to an aromatic ring is 1. The topological polar surface area (TPSA) is 114 Å². The van der Waals surface area contributed by atoms with Gasteiger partial charge in [0.25, 0.3) is 5.69 Å². The van der Waals surface area contributed by atoms with Gasteiger partial charge in [0.1, 0.15) is 0 Å². The Labute approximate surface area is 134 Å². The highest BCUT2D eigenvalue weighted by Crippen LogP contribution is 2.37. The number of carbonyl (C=O) groups excluding carboxylic acids is 1. The predicted octanol–water partition coefficient (Wildman–Crippen LogP) is 1.26. The van der Waals surface area contributed by atoms with E-state index >= 15 is 0 Å². The molecule has 1 aromatic carbocycles. The van der Waals surface area contributed by atoms with Crippen molar-refractivity contribution >= 4 is 29.9 Å². The number of hydrogen-bond acceptors (Lipinski definition) is 7. The van der Waals surface area contributed by atoms with Crippen LogP contribution < -0.4 is 11.2 Å². The molecule has 124 valence electrons. The van der Waals surface area contributed by atoms with Gasteiger partial charge < -0.3 is 19.8 Å². The molecule has 0 saturated carbocycles. The third-order valence-corrected chi connectivity index (χ3v) is 4.32. The van der Waals surface area contributed by atoms with Gasteiger partial charge in [-0.3, -0.25) is 10.1 Å². The Bertz CT molecular complexity index is 657. The van der Waals surface area contributed by atoms with E-state index in [4.69, 9.17) is 15.0 Å². The van der Waals surface area contributed by atoms with E-state index in [-0.39, 0.29) is 22.4 Å². The number of non-ortho nitro benzene ring substituents is 1. The van der Waals surface area contributed by atoms with Gasteiger partial charge in [-0.15, -0.1) is 0 Å². The van der Waals surface area contributed by atoms with Crippen molar-refractivity contribution in [3.8, 4) is 0 Å². The van der Waals surface area contributed by atoms with Gasteiger partial charge in [-0.1, -0.05) is 0 Å². The fraction of sp³-hybridized carbons (Fsp3) is 0.500. The smallest absolute Gasteiger partial charge is 0.465 e. The second kappa shape index (κ2) is 5.50.